The number of anilines is 3. The normalized spacial score (nSPS) is 12.8. The highest BCUT2D eigenvalue weighted by atomic mass is 15.1. The van der Waals surface area contributed by atoms with Gasteiger partial charge in [0.2, 0.25) is 0 Å². The highest BCUT2D eigenvalue weighted by Gasteiger charge is 2.51. The molecular weight excluding hydrogens is 723 g/mol. The van der Waals surface area contributed by atoms with Crippen LogP contribution in [0.25, 0.3) is 66.4 Å². The molecule has 1 spiro atoms. The molecule has 10 aromatic carbocycles. The summed E-state index contributed by atoms with van der Waals surface area (Å²) in [7, 11) is 0. The predicted octanol–water partition coefficient (Wildman–Crippen LogP) is 15.7. The van der Waals surface area contributed by atoms with Gasteiger partial charge in [-0.3, -0.25) is 0 Å². The molecule has 0 heterocycles. The Hall–Kier alpha value is -7.74. The van der Waals surface area contributed by atoms with Gasteiger partial charge in [0, 0.05) is 17.1 Å². The Labute approximate surface area is 351 Å². The van der Waals surface area contributed by atoms with Crippen molar-refractivity contribution in [3.63, 3.8) is 0 Å². The number of hydrogen-bond donors (Lipinski definition) is 0. The maximum absolute atomic E-state index is 2.49. The molecule has 0 aliphatic heterocycles. The average molecular weight is 762 g/mol. The third-order valence-electron chi connectivity index (χ3n) is 12.9. The molecule has 0 aromatic heterocycles. The first-order valence-corrected chi connectivity index (χ1v) is 20.8. The first kappa shape index (κ1) is 34.3. The molecule has 0 radical (unpaired) electrons. The lowest BCUT2D eigenvalue weighted by molar-refractivity contribution is 0.793. The van der Waals surface area contributed by atoms with Crippen LogP contribution in [0.3, 0.4) is 0 Å². The Morgan fingerprint density at radius 3 is 1.32 bits per heavy atom. The fourth-order valence-electron chi connectivity index (χ4n) is 10.3. The smallest absolute Gasteiger partial charge is 0.0726 e. The molecule has 280 valence electrons. The number of rotatable bonds is 6. The first-order valence-electron chi connectivity index (χ1n) is 20.8. The van der Waals surface area contributed by atoms with Crippen LogP contribution < -0.4 is 4.90 Å². The van der Waals surface area contributed by atoms with Crippen molar-refractivity contribution in [3.05, 3.63) is 259 Å². The fraction of sp³-hybridized carbons (Fsp3) is 0.0169. The Morgan fingerprint density at radius 1 is 0.250 bits per heavy atom. The SMILES string of the molecule is c1ccc(-c2ccc(N(c3ccc(-c4cccc5ccccc45)cc3)c3ccc4c(c3)C3(c5ccccc5-c5ccccc53)c3ccccc3-4)cc2-c2ccccc2)cc1. The zero-order valence-corrected chi connectivity index (χ0v) is 33.0. The van der Waals surface area contributed by atoms with E-state index in [2.05, 4.69) is 241 Å². The summed E-state index contributed by atoms with van der Waals surface area (Å²) in [5.74, 6) is 0. The summed E-state index contributed by atoms with van der Waals surface area (Å²) in [5, 5.41) is 2.50. The van der Waals surface area contributed by atoms with Gasteiger partial charge >= 0.3 is 0 Å². The van der Waals surface area contributed by atoms with Crippen molar-refractivity contribution in [2.75, 3.05) is 4.90 Å². The summed E-state index contributed by atoms with van der Waals surface area (Å²) < 4.78 is 0. The molecule has 0 saturated heterocycles. The zero-order chi connectivity index (χ0) is 39.6. The molecule has 0 saturated carbocycles. The molecule has 1 heteroatoms. The van der Waals surface area contributed by atoms with Gasteiger partial charge < -0.3 is 4.90 Å². The zero-order valence-electron chi connectivity index (χ0n) is 33.0. The number of benzene rings is 10. The van der Waals surface area contributed by atoms with Gasteiger partial charge in [-0.15, -0.1) is 0 Å². The quantitative estimate of drug-likeness (QED) is 0.163. The predicted molar refractivity (Wildman–Crippen MR) is 251 cm³/mol. The molecule has 12 rings (SSSR count). The molecular formula is C59H39N. The second-order valence-electron chi connectivity index (χ2n) is 16.0. The lowest BCUT2D eigenvalue weighted by Gasteiger charge is -2.32. The second kappa shape index (κ2) is 13.7. The molecule has 10 aromatic rings. The third kappa shape index (κ3) is 5.13. The first-order chi connectivity index (χ1) is 29.8. The highest BCUT2D eigenvalue weighted by molar-refractivity contribution is 5.99. The summed E-state index contributed by atoms with van der Waals surface area (Å²) in [6.45, 7) is 0. The van der Waals surface area contributed by atoms with Crippen LogP contribution in [0.1, 0.15) is 22.3 Å². The second-order valence-corrected chi connectivity index (χ2v) is 16.0. The summed E-state index contributed by atoms with van der Waals surface area (Å²) >= 11 is 0. The van der Waals surface area contributed by atoms with Gasteiger partial charge in [-0.05, 0) is 125 Å². The van der Waals surface area contributed by atoms with Crippen LogP contribution >= 0.6 is 0 Å². The monoisotopic (exact) mass is 761 g/mol. The van der Waals surface area contributed by atoms with Gasteiger partial charge in [0.15, 0.2) is 0 Å². The molecule has 60 heavy (non-hydrogen) atoms. The maximum atomic E-state index is 2.49. The molecule has 2 aliphatic rings. The van der Waals surface area contributed by atoms with Crippen molar-refractivity contribution >= 4 is 27.8 Å². The topological polar surface area (TPSA) is 3.24 Å². The molecule has 0 bridgehead atoms. The lowest BCUT2D eigenvalue weighted by Crippen LogP contribution is -2.26. The van der Waals surface area contributed by atoms with Gasteiger partial charge in [-0.2, -0.15) is 0 Å². The van der Waals surface area contributed by atoms with E-state index in [0.29, 0.717) is 0 Å². The van der Waals surface area contributed by atoms with Crippen molar-refractivity contribution < 1.29 is 0 Å². The van der Waals surface area contributed by atoms with Crippen LogP contribution in [-0.2, 0) is 5.41 Å². The molecule has 0 N–H and O–H groups in total. The molecule has 0 atom stereocenters. The summed E-state index contributed by atoms with van der Waals surface area (Å²) in [5.41, 5.74) is 20.7. The van der Waals surface area contributed by atoms with Crippen LogP contribution in [0.4, 0.5) is 17.1 Å². The molecule has 2 aliphatic carbocycles. The van der Waals surface area contributed by atoms with Crippen molar-refractivity contribution in [1.82, 2.24) is 0 Å². The van der Waals surface area contributed by atoms with Gasteiger partial charge in [0.1, 0.15) is 0 Å². The Morgan fingerprint density at radius 2 is 0.683 bits per heavy atom. The van der Waals surface area contributed by atoms with Crippen LogP contribution in [0.15, 0.2) is 237 Å². The fourth-order valence-corrected chi connectivity index (χ4v) is 10.3. The van der Waals surface area contributed by atoms with Crippen LogP contribution in [-0.4, -0.2) is 0 Å². The number of nitrogens with zero attached hydrogens (tertiary/aromatic N) is 1. The Kier molecular flexibility index (Phi) is 7.83. The Balaban J connectivity index is 1.10. The van der Waals surface area contributed by atoms with Crippen LogP contribution in [0.2, 0.25) is 0 Å². The van der Waals surface area contributed by atoms with Crippen molar-refractivity contribution in [3.8, 4) is 55.6 Å². The van der Waals surface area contributed by atoms with Crippen molar-refractivity contribution in [2.24, 2.45) is 0 Å². The average Bonchev–Trinajstić information content (AvgIpc) is 3.79. The van der Waals surface area contributed by atoms with E-state index < -0.39 is 5.41 Å². The van der Waals surface area contributed by atoms with Gasteiger partial charge in [0.25, 0.3) is 0 Å². The molecule has 1 nitrogen and oxygen atoms in total. The minimum absolute atomic E-state index is 0.439. The van der Waals surface area contributed by atoms with E-state index in [4.69, 9.17) is 0 Å². The number of fused-ring (bicyclic) bond motifs is 11. The molecule has 0 amide bonds. The van der Waals surface area contributed by atoms with E-state index in [9.17, 15) is 0 Å². The highest BCUT2D eigenvalue weighted by Crippen LogP contribution is 2.63. The van der Waals surface area contributed by atoms with E-state index in [1.165, 1.54) is 88.7 Å². The van der Waals surface area contributed by atoms with Crippen LogP contribution in [0.5, 0.6) is 0 Å². The van der Waals surface area contributed by atoms with E-state index >= 15 is 0 Å². The minimum Gasteiger partial charge on any atom is -0.310 e. The van der Waals surface area contributed by atoms with Gasteiger partial charge in [-0.25, -0.2) is 0 Å². The van der Waals surface area contributed by atoms with E-state index in [0.717, 1.165) is 17.1 Å². The standard InChI is InChI=1S/C59H39N/c1-3-16-40(17-4-1)49-36-34-45(38-54(49)42-18-5-2-6-19-42)60(44-32-30-43(31-33-44)48-26-15-21-41-20-7-8-22-47(41)48)46-35-37-53-52-25-11-14-29-57(52)59(58(53)39-46)55-27-12-9-23-50(55)51-24-10-13-28-56(51)59/h1-39H. The Bertz CT molecular complexity index is 3180. The van der Waals surface area contributed by atoms with Gasteiger partial charge in [0.05, 0.1) is 5.41 Å². The van der Waals surface area contributed by atoms with E-state index in [1.54, 1.807) is 0 Å². The van der Waals surface area contributed by atoms with E-state index in [-0.39, 0.29) is 0 Å². The lowest BCUT2D eigenvalue weighted by atomic mass is 9.70. The summed E-state index contributed by atoms with van der Waals surface area (Å²) in [6, 6.07) is 87.3. The number of hydrogen-bond acceptors (Lipinski definition) is 1. The molecule has 0 fully saturated rings. The van der Waals surface area contributed by atoms with Crippen molar-refractivity contribution in [2.45, 2.75) is 5.41 Å². The maximum Gasteiger partial charge on any atom is 0.0726 e. The largest absolute Gasteiger partial charge is 0.310 e. The van der Waals surface area contributed by atoms with Gasteiger partial charge in [-0.1, -0.05) is 200 Å². The van der Waals surface area contributed by atoms with Crippen LogP contribution in [0, 0.1) is 0 Å². The minimum atomic E-state index is -0.439. The molecule has 0 unspecified atom stereocenters. The summed E-state index contributed by atoms with van der Waals surface area (Å²) in [4.78, 5) is 2.46. The van der Waals surface area contributed by atoms with Crippen molar-refractivity contribution in [1.29, 1.82) is 0 Å². The van der Waals surface area contributed by atoms with E-state index in [1.807, 2.05) is 0 Å². The third-order valence-corrected chi connectivity index (χ3v) is 12.9. The summed E-state index contributed by atoms with van der Waals surface area (Å²) in [6.07, 6.45) is 0.